The summed E-state index contributed by atoms with van der Waals surface area (Å²) in [5, 5.41) is 0. The third-order valence-corrected chi connectivity index (χ3v) is 4.59. The molecule has 1 aliphatic carbocycles. The van der Waals surface area contributed by atoms with Crippen LogP contribution in [0.4, 0.5) is 0 Å². The zero-order valence-electron chi connectivity index (χ0n) is 10.9. The van der Waals surface area contributed by atoms with Crippen molar-refractivity contribution in [3.63, 3.8) is 0 Å². The molecule has 1 aliphatic rings. The van der Waals surface area contributed by atoms with Gasteiger partial charge in [0.15, 0.2) is 0 Å². The standard InChI is InChI=1S/C14H26O/c1-5-13(3,4)12(15)11-14(6-2)9-7-8-10-14/h5-11H2,1-4H3. The van der Waals surface area contributed by atoms with E-state index in [1.807, 2.05) is 0 Å². The molecule has 0 aliphatic heterocycles. The minimum Gasteiger partial charge on any atom is -0.299 e. The third kappa shape index (κ3) is 2.83. The molecule has 1 heteroatoms. The van der Waals surface area contributed by atoms with Crippen LogP contribution in [0, 0.1) is 10.8 Å². The second kappa shape index (κ2) is 4.67. The van der Waals surface area contributed by atoms with E-state index in [-0.39, 0.29) is 5.41 Å². The summed E-state index contributed by atoms with van der Waals surface area (Å²) in [6, 6.07) is 0. The fourth-order valence-corrected chi connectivity index (χ4v) is 2.56. The van der Waals surface area contributed by atoms with Crippen LogP contribution < -0.4 is 0 Å². The lowest BCUT2D eigenvalue weighted by Gasteiger charge is -2.31. The molecule has 0 aromatic carbocycles. The summed E-state index contributed by atoms with van der Waals surface area (Å²) in [5.74, 6) is 0.480. The van der Waals surface area contributed by atoms with E-state index in [9.17, 15) is 4.79 Å². The normalized spacial score (nSPS) is 20.5. The molecule has 1 rings (SSSR count). The van der Waals surface area contributed by atoms with E-state index in [2.05, 4.69) is 27.7 Å². The zero-order chi connectivity index (χ0) is 11.5. The first-order chi connectivity index (χ1) is 6.96. The first-order valence-electron chi connectivity index (χ1n) is 6.49. The second-order valence-electron chi connectivity index (χ2n) is 5.90. The van der Waals surface area contributed by atoms with Crippen molar-refractivity contribution in [2.45, 2.75) is 72.6 Å². The first kappa shape index (κ1) is 12.7. The topological polar surface area (TPSA) is 17.1 Å². The van der Waals surface area contributed by atoms with Gasteiger partial charge in [-0.2, -0.15) is 0 Å². The van der Waals surface area contributed by atoms with E-state index in [4.69, 9.17) is 0 Å². The molecular formula is C14H26O. The predicted octanol–water partition coefficient (Wildman–Crippen LogP) is 4.35. The van der Waals surface area contributed by atoms with Gasteiger partial charge in [-0.3, -0.25) is 4.79 Å². The van der Waals surface area contributed by atoms with Gasteiger partial charge in [0.05, 0.1) is 0 Å². The van der Waals surface area contributed by atoms with Crippen LogP contribution >= 0.6 is 0 Å². The van der Waals surface area contributed by atoms with Crippen LogP contribution in [0.25, 0.3) is 0 Å². The molecule has 0 saturated heterocycles. The molecule has 0 spiro atoms. The Morgan fingerprint density at radius 3 is 2.13 bits per heavy atom. The van der Waals surface area contributed by atoms with Crippen LogP contribution in [0.5, 0.6) is 0 Å². The summed E-state index contributed by atoms with van der Waals surface area (Å²) in [6.07, 6.45) is 8.17. The molecule has 0 amide bonds. The van der Waals surface area contributed by atoms with Crippen molar-refractivity contribution in [2.75, 3.05) is 0 Å². The Hall–Kier alpha value is -0.330. The summed E-state index contributed by atoms with van der Waals surface area (Å²) >= 11 is 0. The van der Waals surface area contributed by atoms with Crippen LogP contribution in [0.1, 0.15) is 72.6 Å². The SMILES string of the molecule is CCC1(CC(=O)C(C)(C)CC)CCCC1. The van der Waals surface area contributed by atoms with Crippen molar-refractivity contribution in [2.24, 2.45) is 10.8 Å². The van der Waals surface area contributed by atoms with Gasteiger partial charge in [-0.15, -0.1) is 0 Å². The number of carbonyl (C=O) groups is 1. The average molecular weight is 210 g/mol. The molecule has 0 bridgehead atoms. The van der Waals surface area contributed by atoms with Crippen LogP contribution in [0.15, 0.2) is 0 Å². The molecular weight excluding hydrogens is 184 g/mol. The minimum absolute atomic E-state index is 0.106. The Kier molecular flexibility index (Phi) is 3.97. The van der Waals surface area contributed by atoms with Crippen LogP contribution in [0.3, 0.4) is 0 Å². The van der Waals surface area contributed by atoms with Crippen LogP contribution in [-0.2, 0) is 4.79 Å². The Morgan fingerprint density at radius 1 is 1.20 bits per heavy atom. The molecule has 0 radical (unpaired) electrons. The lowest BCUT2D eigenvalue weighted by atomic mass is 9.72. The number of rotatable bonds is 5. The van der Waals surface area contributed by atoms with Gasteiger partial charge in [-0.05, 0) is 24.7 Å². The van der Waals surface area contributed by atoms with Gasteiger partial charge in [0.25, 0.3) is 0 Å². The average Bonchev–Trinajstić information content (AvgIpc) is 2.67. The van der Waals surface area contributed by atoms with Crippen LogP contribution in [0.2, 0.25) is 0 Å². The maximum Gasteiger partial charge on any atom is 0.139 e. The lowest BCUT2D eigenvalue weighted by Crippen LogP contribution is -2.30. The molecule has 0 N–H and O–H groups in total. The van der Waals surface area contributed by atoms with Gasteiger partial charge in [0.2, 0.25) is 0 Å². The Morgan fingerprint density at radius 2 is 1.73 bits per heavy atom. The van der Waals surface area contributed by atoms with Gasteiger partial charge in [-0.25, -0.2) is 0 Å². The maximum atomic E-state index is 12.2. The molecule has 0 atom stereocenters. The monoisotopic (exact) mass is 210 g/mol. The van der Waals surface area contributed by atoms with E-state index < -0.39 is 0 Å². The molecule has 1 fully saturated rings. The molecule has 15 heavy (non-hydrogen) atoms. The maximum absolute atomic E-state index is 12.2. The smallest absolute Gasteiger partial charge is 0.139 e. The summed E-state index contributed by atoms with van der Waals surface area (Å²) in [6.45, 7) is 8.55. The number of Topliss-reactive ketones (excluding diaryl/α,β-unsaturated/α-hetero) is 1. The summed E-state index contributed by atoms with van der Waals surface area (Å²) in [7, 11) is 0. The van der Waals surface area contributed by atoms with Crippen molar-refractivity contribution in [1.82, 2.24) is 0 Å². The molecule has 1 nitrogen and oxygen atoms in total. The Labute approximate surface area is 94.6 Å². The zero-order valence-corrected chi connectivity index (χ0v) is 10.9. The highest BCUT2D eigenvalue weighted by molar-refractivity contribution is 5.84. The van der Waals surface area contributed by atoms with E-state index in [1.165, 1.54) is 32.1 Å². The van der Waals surface area contributed by atoms with E-state index in [1.54, 1.807) is 0 Å². The molecule has 0 aromatic rings. The number of ketones is 1. The van der Waals surface area contributed by atoms with E-state index in [0.717, 1.165) is 12.8 Å². The molecule has 0 heterocycles. The van der Waals surface area contributed by atoms with Gasteiger partial charge >= 0.3 is 0 Å². The molecule has 1 saturated carbocycles. The fraction of sp³-hybridized carbons (Fsp3) is 0.929. The predicted molar refractivity (Wildman–Crippen MR) is 64.9 cm³/mol. The van der Waals surface area contributed by atoms with Crippen molar-refractivity contribution in [3.8, 4) is 0 Å². The van der Waals surface area contributed by atoms with Crippen molar-refractivity contribution in [1.29, 1.82) is 0 Å². The van der Waals surface area contributed by atoms with Gasteiger partial charge < -0.3 is 0 Å². The quantitative estimate of drug-likeness (QED) is 0.659. The highest BCUT2D eigenvalue weighted by Gasteiger charge is 2.37. The highest BCUT2D eigenvalue weighted by atomic mass is 16.1. The van der Waals surface area contributed by atoms with Crippen molar-refractivity contribution >= 4 is 5.78 Å². The van der Waals surface area contributed by atoms with E-state index >= 15 is 0 Å². The third-order valence-electron chi connectivity index (χ3n) is 4.59. The van der Waals surface area contributed by atoms with Crippen molar-refractivity contribution < 1.29 is 4.79 Å². The lowest BCUT2D eigenvalue weighted by molar-refractivity contribution is -0.129. The Bertz CT molecular complexity index is 221. The van der Waals surface area contributed by atoms with Crippen LogP contribution in [-0.4, -0.2) is 5.78 Å². The summed E-state index contributed by atoms with van der Waals surface area (Å²) < 4.78 is 0. The first-order valence-corrected chi connectivity index (χ1v) is 6.49. The number of hydrogen-bond acceptors (Lipinski definition) is 1. The molecule has 88 valence electrons. The van der Waals surface area contributed by atoms with Gasteiger partial charge in [0.1, 0.15) is 5.78 Å². The van der Waals surface area contributed by atoms with E-state index in [0.29, 0.717) is 11.2 Å². The number of hydrogen-bond donors (Lipinski definition) is 0. The number of carbonyl (C=O) groups excluding carboxylic acids is 1. The van der Waals surface area contributed by atoms with Crippen molar-refractivity contribution in [3.05, 3.63) is 0 Å². The summed E-state index contributed by atoms with van der Waals surface area (Å²) in [5.41, 5.74) is 0.258. The highest BCUT2D eigenvalue weighted by Crippen LogP contribution is 2.45. The van der Waals surface area contributed by atoms with Gasteiger partial charge in [-0.1, -0.05) is 47.0 Å². The largest absolute Gasteiger partial charge is 0.299 e. The minimum atomic E-state index is -0.106. The molecule has 0 aromatic heterocycles. The summed E-state index contributed by atoms with van der Waals surface area (Å²) in [4.78, 5) is 12.2. The molecule has 0 unspecified atom stereocenters. The second-order valence-corrected chi connectivity index (χ2v) is 5.90. The fourth-order valence-electron chi connectivity index (χ4n) is 2.56. The Balaban J connectivity index is 2.63. The van der Waals surface area contributed by atoms with Gasteiger partial charge in [0, 0.05) is 11.8 Å².